The molecular weight excluding hydrogens is 342 g/mol. The van der Waals surface area contributed by atoms with E-state index in [-0.39, 0.29) is 11.7 Å². The second kappa shape index (κ2) is 6.83. The van der Waals surface area contributed by atoms with Gasteiger partial charge in [0.05, 0.1) is 17.5 Å². The van der Waals surface area contributed by atoms with E-state index < -0.39 is 0 Å². The minimum absolute atomic E-state index is 0.0198. The summed E-state index contributed by atoms with van der Waals surface area (Å²) in [4.78, 5) is 22.0. The van der Waals surface area contributed by atoms with E-state index in [0.717, 1.165) is 22.8 Å². The smallest absolute Gasteiger partial charge is 0.251 e. The minimum atomic E-state index is -0.0198. The highest BCUT2D eigenvalue weighted by atomic mass is 16.3. The third-order valence-electron chi connectivity index (χ3n) is 4.65. The number of rotatable bonds is 5. The molecule has 1 atom stereocenters. The van der Waals surface area contributed by atoms with Crippen LogP contribution < -0.4 is 5.32 Å². The van der Waals surface area contributed by atoms with Crippen LogP contribution in [0.2, 0.25) is 0 Å². The second-order valence-corrected chi connectivity index (χ2v) is 6.75. The molecule has 3 aromatic heterocycles. The Kier molecular flexibility index (Phi) is 4.35. The van der Waals surface area contributed by atoms with E-state index in [2.05, 4.69) is 27.0 Å². The summed E-state index contributed by atoms with van der Waals surface area (Å²) in [5.74, 6) is 1.86. The van der Waals surface area contributed by atoms with Gasteiger partial charge >= 0.3 is 0 Å². The number of carbonyl (C=O) groups is 1. The summed E-state index contributed by atoms with van der Waals surface area (Å²) >= 11 is 0. The van der Waals surface area contributed by atoms with Crippen LogP contribution in [0.3, 0.4) is 0 Å². The number of ketones is 1. The molecule has 27 heavy (non-hydrogen) atoms. The van der Waals surface area contributed by atoms with Gasteiger partial charge in [0.25, 0.3) is 5.95 Å². The van der Waals surface area contributed by atoms with E-state index in [1.54, 1.807) is 17.0 Å². The van der Waals surface area contributed by atoms with Crippen molar-refractivity contribution in [2.45, 2.75) is 32.6 Å². The van der Waals surface area contributed by atoms with Crippen LogP contribution in [-0.4, -0.2) is 32.1 Å². The maximum Gasteiger partial charge on any atom is 0.251 e. The molecule has 4 rings (SSSR count). The molecule has 0 bridgehead atoms. The maximum atomic E-state index is 13.0. The van der Waals surface area contributed by atoms with Crippen LogP contribution >= 0.6 is 0 Å². The van der Waals surface area contributed by atoms with E-state index in [1.807, 2.05) is 32.0 Å². The van der Waals surface area contributed by atoms with Crippen LogP contribution in [0.15, 0.2) is 41.5 Å². The third kappa shape index (κ3) is 3.16. The van der Waals surface area contributed by atoms with Crippen molar-refractivity contribution in [3.05, 3.63) is 65.5 Å². The molecule has 7 heteroatoms. The van der Waals surface area contributed by atoms with Crippen molar-refractivity contribution < 1.29 is 9.21 Å². The normalized spacial score (nSPS) is 16.2. The lowest BCUT2D eigenvalue weighted by atomic mass is 9.85. The lowest BCUT2D eigenvalue weighted by Gasteiger charge is -2.20. The number of anilines is 1. The number of Topliss-reactive ketones (excluding diaryl/α,β-unsaturated/α-hetero) is 1. The summed E-state index contributed by atoms with van der Waals surface area (Å²) in [6.07, 6.45) is 4.39. The number of aryl methyl sites for hydroxylation is 2. The predicted molar refractivity (Wildman–Crippen MR) is 101 cm³/mol. The van der Waals surface area contributed by atoms with Crippen LogP contribution in [0.25, 0.3) is 5.95 Å². The number of carbonyl (C=O) groups excluding carboxylic acids is 1. The van der Waals surface area contributed by atoms with Crippen LogP contribution in [0.1, 0.15) is 45.5 Å². The van der Waals surface area contributed by atoms with E-state index in [0.29, 0.717) is 36.7 Å². The van der Waals surface area contributed by atoms with Gasteiger partial charge in [-0.25, -0.2) is 14.6 Å². The lowest BCUT2D eigenvalue weighted by Crippen LogP contribution is -2.21. The molecule has 0 spiro atoms. The topological polar surface area (TPSA) is 85.8 Å². The summed E-state index contributed by atoms with van der Waals surface area (Å²) < 4.78 is 7.24. The molecule has 0 saturated carbocycles. The van der Waals surface area contributed by atoms with Crippen molar-refractivity contribution in [2.24, 2.45) is 0 Å². The average molecular weight is 363 g/mol. The summed E-state index contributed by atoms with van der Waals surface area (Å²) in [5.41, 5.74) is 3.13. The molecule has 0 fully saturated rings. The minimum Gasteiger partial charge on any atom is -0.469 e. The van der Waals surface area contributed by atoms with Crippen LogP contribution in [0.5, 0.6) is 0 Å². The van der Waals surface area contributed by atoms with E-state index >= 15 is 0 Å². The van der Waals surface area contributed by atoms with Crippen LogP contribution in [-0.2, 0) is 6.42 Å². The van der Waals surface area contributed by atoms with Gasteiger partial charge in [-0.3, -0.25) is 4.79 Å². The first-order valence-electron chi connectivity index (χ1n) is 8.92. The molecule has 0 amide bonds. The Balaban J connectivity index is 1.84. The van der Waals surface area contributed by atoms with E-state index in [9.17, 15) is 4.79 Å². The number of hydrogen-bond donors (Lipinski definition) is 1. The second-order valence-electron chi connectivity index (χ2n) is 6.75. The number of nitrogens with one attached hydrogen (secondary N) is 1. The summed E-state index contributed by atoms with van der Waals surface area (Å²) in [6, 6.07) is 5.66. The highest BCUT2D eigenvalue weighted by molar-refractivity contribution is 6.03. The number of nitrogens with zero attached hydrogens (tertiary/aromatic N) is 4. The SMILES string of the molecule is C=CCNc1nn(-c2nc(C)cc(C)n2)c2c1C(=O)CC(c1ccco1)C2. The predicted octanol–water partition coefficient (Wildman–Crippen LogP) is 3.38. The zero-order valence-electron chi connectivity index (χ0n) is 15.4. The fourth-order valence-electron chi connectivity index (χ4n) is 3.55. The van der Waals surface area contributed by atoms with Crippen LogP contribution in [0.4, 0.5) is 5.82 Å². The van der Waals surface area contributed by atoms with Gasteiger partial charge in [-0.15, -0.1) is 11.7 Å². The Morgan fingerprint density at radius 2 is 2.11 bits per heavy atom. The molecule has 3 aromatic rings. The zero-order valence-corrected chi connectivity index (χ0v) is 15.4. The Morgan fingerprint density at radius 3 is 2.78 bits per heavy atom. The van der Waals surface area contributed by atoms with Crippen molar-refractivity contribution in [3.63, 3.8) is 0 Å². The molecule has 7 nitrogen and oxygen atoms in total. The summed E-state index contributed by atoms with van der Waals surface area (Å²) in [6.45, 7) is 8.08. The van der Waals surface area contributed by atoms with Crippen molar-refractivity contribution >= 4 is 11.6 Å². The third-order valence-corrected chi connectivity index (χ3v) is 4.65. The van der Waals surface area contributed by atoms with Crippen molar-refractivity contribution in [1.82, 2.24) is 19.7 Å². The van der Waals surface area contributed by atoms with Gasteiger partial charge in [-0.1, -0.05) is 6.08 Å². The highest BCUT2D eigenvalue weighted by Crippen LogP contribution is 2.36. The standard InChI is InChI=1S/C20H21N5O2/c1-4-7-21-19-18-15(10-14(11-16(18)26)17-6-5-8-27-17)25(24-19)20-22-12(2)9-13(3)23-20/h4-6,8-9,14H,1,7,10-11H2,2-3H3,(H,21,24). The Hall–Kier alpha value is -3.22. The molecule has 1 unspecified atom stereocenters. The van der Waals surface area contributed by atoms with Crippen molar-refractivity contribution in [1.29, 1.82) is 0 Å². The largest absolute Gasteiger partial charge is 0.469 e. The number of fused-ring (bicyclic) bond motifs is 1. The fourth-order valence-corrected chi connectivity index (χ4v) is 3.55. The highest BCUT2D eigenvalue weighted by Gasteiger charge is 2.35. The van der Waals surface area contributed by atoms with Gasteiger partial charge in [0, 0.05) is 36.7 Å². The molecule has 0 saturated heterocycles. The average Bonchev–Trinajstić information content (AvgIpc) is 3.27. The molecular formula is C20H21N5O2. The monoisotopic (exact) mass is 363 g/mol. The molecule has 0 aromatic carbocycles. The van der Waals surface area contributed by atoms with Gasteiger partial charge in [-0.05, 0) is 32.0 Å². The first-order valence-corrected chi connectivity index (χ1v) is 8.92. The molecule has 1 aliphatic rings. The maximum absolute atomic E-state index is 13.0. The van der Waals surface area contributed by atoms with Crippen molar-refractivity contribution in [2.75, 3.05) is 11.9 Å². The van der Waals surface area contributed by atoms with Crippen LogP contribution in [0, 0.1) is 13.8 Å². The number of furan rings is 1. The fraction of sp³-hybridized carbons (Fsp3) is 0.300. The Labute approximate surface area is 157 Å². The number of aromatic nitrogens is 4. The summed E-state index contributed by atoms with van der Waals surface area (Å²) in [7, 11) is 0. The van der Waals surface area contributed by atoms with E-state index in [1.165, 1.54) is 0 Å². The molecule has 3 heterocycles. The van der Waals surface area contributed by atoms with Gasteiger partial charge in [-0.2, -0.15) is 0 Å². The summed E-state index contributed by atoms with van der Waals surface area (Å²) in [5, 5.41) is 7.80. The van der Waals surface area contributed by atoms with Gasteiger partial charge in [0.2, 0.25) is 0 Å². The van der Waals surface area contributed by atoms with E-state index in [4.69, 9.17) is 4.42 Å². The number of hydrogen-bond acceptors (Lipinski definition) is 6. The quantitative estimate of drug-likeness (QED) is 0.700. The molecule has 0 aliphatic heterocycles. The molecule has 1 aliphatic carbocycles. The zero-order chi connectivity index (χ0) is 19.0. The van der Waals surface area contributed by atoms with Gasteiger partial charge in [0.1, 0.15) is 5.76 Å². The molecule has 138 valence electrons. The lowest BCUT2D eigenvalue weighted by molar-refractivity contribution is 0.0960. The Bertz CT molecular complexity index is 984. The molecule has 1 N–H and O–H groups in total. The van der Waals surface area contributed by atoms with Gasteiger partial charge in [0.15, 0.2) is 11.6 Å². The Morgan fingerprint density at radius 1 is 1.33 bits per heavy atom. The molecule has 0 radical (unpaired) electrons. The van der Waals surface area contributed by atoms with Crippen molar-refractivity contribution in [3.8, 4) is 5.95 Å². The first-order chi connectivity index (χ1) is 13.1. The van der Waals surface area contributed by atoms with Gasteiger partial charge < -0.3 is 9.73 Å². The first kappa shape index (κ1) is 17.2.